The average Bonchev–Trinajstić information content (AvgIpc) is 2.81. The number of phenolic OH excluding ortho intramolecular Hbond substituents is 1. The Kier molecular flexibility index (Phi) is 3.39. The number of benzene rings is 1. The summed E-state index contributed by atoms with van der Waals surface area (Å²) in [5.41, 5.74) is 6.99. The smallest absolute Gasteiger partial charge is 0.243 e. The van der Waals surface area contributed by atoms with Crippen LogP contribution in [0.15, 0.2) is 28.8 Å². The fourth-order valence-corrected chi connectivity index (χ4v) is 1.53. The van der Waals surface area contributed by atoms with Gasteiger partial charge in [-0.25, -0.2) is 0 Å². The van der Waals surface area contributed by atoms with E-state index in [1.807, 2.05) is 19.1 Å². The van der Waals surface area contributed by atoms with Gasteiger partial charge in [0.25, 0.3) is 0 Å². The Hall–Kier alpha value is -1.88. The first-order valence-corrected chi connectivity index (χ1v) is 5.55. The van der Waals surface area contributed by atoms with Gasteiger partial charge in [0.05, 0.1) is 6.04 Å². The van der Waals surface area contributed by atoms with Gasteiger partial charge in [-0.15, -0.1) is 0 Å². The van der Waals surface area contributed by atoms with E-state index in [1.54, 1.807) is 12.1 Å². The molecule has 0 saturated heterocycles. The highest BCUT2D eigenvalue weighted by Gasteiger charge is 2.14. The number of aromatic hydroxyl groups is 1. The summed E-state index contributed by atoms with van der Waals surface area (Å²) in [5.74, 6) is 1.37. The van der Waals surface area contributed by atoms with Crippen LogP contribution in [0.25, 0.3) is 0 Å². The van der Waals surface area contributed by atoms with E-state index in [9.17, 15) is 5.11 Å². The second kappa shape index (κ2) is 4.97. The minimum atomic E-state index is -0.313. The number of nitrogens with zero attached hydrogens (tertiary/aromatic N) is 2. The van der Waals surface area contributed by atoms with Crippen LogP contribution in [0.5, 0.6) is 5.75 Å². The molecule has 0 radical (unpaired) electrons. The van der Waals surface area contributed by atoms with Gasteiger partial charge < -0.3 is 15.4 Å². The number of phenols is 1. The summed E-state index contributed by atoms with van der Waals surface area (Å²) in [6, 6.07) is 6.60. The third-order valence-corrected chi connectivity index (χ3v) is 2.51. The predicted molar refractivity (Wildman–Crippen MR) is 62.4 cm³/mol. The fourth-order valence-electron chi connectivity index (χ4n) is 1.53. The molecule has 5 nitrogen and oxygen atoms in total. The maximum Gasteiger partial charge on any atom is 0.243 e. The van der Waals surface area contributed by atoms with Gasteiger partial charge in [-0.3, -0.25) is 0 Å². The van der Waals surface area contributed by atoms with Gasteiger partial charge in [0.2, 0.25) is 5.89 Å². The largest absolute Gasteiger partial charge is 0.508 e. The highest BCUT2D eigenvalue weighted by atomic mass is 16.5. The molecule has 1 atom stereocenters. The van der Waals surface area contributed by atoms with Crippen molar-refractivity contribution in [2.45, 2.75) is 25.8 Å². The van der Waals surface area contributed by atoms with Crippen molar-refractivity contribution in [1.82, 2.24) is 10.1 Å². The molecule has 0 aliphatic heterocycles. The van der Waals surface area contributed by atoms with Gasteiger partial charge in [-0.05, 0) is 24.1 Å². The van der Waals surface area contributed by atoms with Gasteiger partial charge in [0, 0.05) is 6.42 Å². The molecule has 5 heteroatoms. The van der Waals surface area contributed by atoms with E-state index < -0.39 is 0 Å². The van der Waals surface area contributed by atoms with Crippen LogP contribution in [-0.2, 0) is 12.8 Å². The summed E-state index contributed by atoms with van der Waals surface area (Å²) in [4.78, 5) is 4.19. The van der Waals surface area contributed by atoms with Crippen molar-refractivity contribution in [3.63, 3.8) is 0 Å². The first kappa shape index (κ1) is 11.6. The molecular weight excluding hydrogens is 218 g/mol. The lowest BCUT2D eigenvalue weighted by Crippen LogP contribution is -2.13. The molecule has 2 rings (SSSR count). The normalized spacial score (nSPS) is 12.6. The molecular formula is C12H15N3O2. The Balaban J connectivity index is 2.05. The standard InChI is InChI=1S/C12H15N3O2/c1-2-11-14-12(17-15-11)10(13)7-8-3-5-9(16)6-4-8/h3-6,10,16H,2,7,13H2,1H3/t10-/m1/s1. The highest BCUT2D eigenvalue weighted by Crippen LogP contribution is 2.16. The minimum absolute atomic E-state index is 0.244. The molecule has 0 amide bonds. The second-order valence-corrected chi connectivity index (χ2v) is 3.88. The first-order chi connectivity index (χ1) is 8.19. The Morgan fingerprint density at radius 1 is 1.35 bits per heavy atom. The van der Waals surface area contributed by atoms with Crippen LogP contribution in [0.1, 0.15) is 30.2 Å². The van der Waals surface area contributed by atoms with Gasteiger partial charge in [0.1, 0.15) is 5.75 Å². The molecule has 0 bridgehead atoms. The van der Waals surface area contributed by atoms with Crippen molar-refractivity contribution in [1.29, 1.82) is 0 Å². The maximum atomic E-state index is 9.17. The van der Waals surface area contributed by atoms with Crippen LogP contribution < -0.4 is 5.73 Å². The summed E-state index contributed by atoms with van der Waals surface area (Å²) in [6.45, 7) is 1.96. The second-order valence-electron chi connectivity index (χ2n) is 3.88. The lowest BCUT2D eigenvalue weighted by atomic mass is 10.1. The van der Waals surface area contributed by atoms with Gasteiger partial charge in [0.15, 0.2) is 5.82 Å². The van der Waals surface area contributed by atoms with Crippen molar-refractivity contribution in [2.24, 2.45) is 5.73 Å². The molecule has 2 aromatic rings. The van der Waals surface area contributed by atoms with Crippen LogP contribution in [0.2, 0.25) is 0 Å². The number of nitrogens with two attached hydrogens (primary N) is 1. The van der Waals surface area contributed by atoms with E-state index in [0.29, 0.717) is 18.1 Å². The van der Waals surface area contributed by atoms with Crippen molar-refractivity contribution in [2.75, 3.05) is 0 Å². The molecule has 90 valence electrons. The molecule has 0 fully saturated rings. The minimum Gasteiger partial charge on any atom is -0.508 e. The number of aryl methyl sites for hydroxylation is 1. The van der Waals surface area contributed by atoms with E-state index >= 15 is 0 Å². The summed E-state index contributed by atoms with van der Waals surface area (Å²) in [5, 5.41) is 13.0. The Bertz CT molecular complexity index is 479. The first-order valence-electron chi connectivity index (χ1n) is 5.55. The van der Waals surface area contributed by atoms with E-state index in [2.05, 4.69) is 10.1 Å². The van der Waals surface area contributed by atoms with Crippen molar-refractivity contribution < 1.29 is 9.63 Å². The van der Waals surface area contributed by atoms with Gasteiger partial charge in [-0.1, -0.05) is 24.2 Å². The zero-order valence-electron chi connectivity index (χ0n) is 9.63. The third kappa shape index (κ3) is 2.82. The molecule has 0 spiro atoms. The Morgan fingerprint density at radius 3 is 2.65 bits per heavy atom. The Labute approximate surface area is 99.3 Å². The van der Waals surface area contributed by atoms with Gasteiger partial charge >= 0.3 is 0 Å². The van der Waals surface area contributed by atoms with Crippen LogP contribution in [0, 0.1) is 0 Å². The molecule has 0 saturated carbocycles. The quantitative estimate of drug-likeness (QED) is 0.837. The number of rotatable bonds is 4. The number of hydrogen-bond donors (Lipinski definition) is 2. The van der Waals surface area contributed by atoms with Crippen molar-refractivity contribution in [3.8, 4) is 5.75 Å². The topological polar surface area (TPSA) is 85.2 Å². The van der Waals surface area contributed by atoms with Crippen molar-refractivity contribution >= 4 is 0 Å². The van der Waals surface area contributed by atoms with E-state index in [1.165, 1.54) is 0 Å². The fraction of sp³-hybridized carbons (Fsp3) is 0.333. The van der Waals surface area contributed by atoms with E-state index in [-0.39, 0.29) is 11.8 Å². The summed E-state index contributed by atoms with van der Waals surface area (Å²) >= 11 is 0. The molecule has 0 aliphatic carbocycles. The molecule has 0 unspecified atom stereocenters. The van der Waals surface area contributed by atoms with E-state index in [0.717, 1.165) is 12.0 Å². The summed E-state index contributed by atoms with van der Waals surface area (Å²) < 4.78 is 5.08. The van der Waals surface area contributed by atoms with E-state index in [4.69, 9.17) is 10.3 Å². The molecule has 1 heterocycles. The third-order valence-electron chi connectivity index (χ3n) is 2.51. The SMILES string of the molecule is CCc1noc([C@H](N)Cc2ccc(O)cc2)n1. The maximum absolute atomic E-state index is 9.17. The van der Waals surface area contributed by atoms with Crippen LogP contribution in [0.3, 0.4) is 0 Å². The monoisotopic (exact) mass is 233 g/mol. The zero-order valence-corrected chi connectivity index (χ0v) is 9.63. The summed E-state index contributed by atoms with van der Waals surface area (Å²) in [6.07, 6.45) is 1.33. The molecule has 3 N–H and O–H groups in total. The van der Waals surface area contributed by atoms with Crippen LogP contribution >= 0.6 is 0 Å². The summed E-state index contributed by atoms with van der Waals surface area (Å²) in [7, 11) is 0. The lowest BCUT2D eigenvalue weighted by molar-refractivity contribution is 0.350. The molecule has 0 aliphatic rings. The van der Waals surface area contributed by atoms with Crippen molar-refractivity contribution in [3.05, 3.63) is 41.5 Å². The average molecular weight is 233 g/mol. The molecule has 17 heavy (non-hydrogen) atoms. The zero-order chi connectivity index (χ0) is 12.3. The Morgan fingerprint density at radius 2 is 2.06 bits per heavy atom. The lowest BCUT2D eigenvalue weighted by Gasteiger charge is -2.06. The van der Waals surface area contributed by atoms with Gasteiger partial charge in [-0.2, -0.15) is 4.98 Å². The highest BCUT2D eigenvalue weighted by molar-refractivity contribution is 5.26. The molecule has 1 aromatic heterocycles. The van der Waals surface area contributed by atoms with Crippen LogP contribution in [0.4, 0.5) is 0 Å². The van der Waals surface area contributed by atoms with Crippen LogP contribution in [-0.4, -0.2) is 15.2 Å². The number of aromatic nitrogens is 2. The predicted octanol–water partition coefficient (Wildman–Crippen LogP) is 1.58. The molecule has 1 aromatic carbocycles. The number of hydrogen-bond acceptors (Lipinski definition) is 5.